The van der Waals surface area contributed by atoms with Crippen LogP contribution in [-0.2, 0) is 14.9 Å². The van der Waals surface area contributed by atoms with Gasteiger partial charge in [0.25, 0.3) is 5.91 Å². The number of rotatable bonds is 5. The molecule has 2 aliphatic heterocycles. The van der Waals surface area contributed by atoms with Gasteiger partial charge in [-0.2, -0.15) is 12.7 Å². The van der Waals surface area contributed by atoms with Gasteiger partial charge in [-0.25, -0.2) is 13.9 Å². The van der Waals surface area contributed by atoms with Crippen molar-refractivity contribution in [2.45, 2.75) is 18.6 Å². The molecule has 1 aromatic carbocycles. The van der Waals surface area contributed by atoms with Gasteiger partial charge in [0.1, 0.15) is 5.82 Å². The predicted octanol–water partition coefficient (Wildman–Crippen LogP) is 0.0376. The summed E-state index contributed by atoms with van der Waals surface area (Å²) in [5.74, 6) is -3.65. The Hall–Kier alpha value is -2.24. The van der Waals surface area contributed by atoms with E-state index in [1.807, 2.05) is 4.72 Å². The molecule has 0 radical (unpaired) electrons. The molecule has 0 unspecified atom stereocenters. The van der Waals surface area contributed by atoms with Gasteiger partial charge in [-0.1, -0.05) is 0 Å². The number of anilines is 1. The van der Waals surface area contributed by atoms with Crippen LogP contribution < -0.4 is 9.62 Å². The number of carboxylic acid groups (broad SMARTS) is 1. The monoisotopic (exact) mass is 387 g/mol. The molecule has 2 N–H and O–H groups in total. The molecular formula is C15H18FN3O6S. The molecule has 2 saturated heterocycles. The molecule has 142 valence electrons. The Morgan fingerprint density at radius 2 is 2.04 bits per heavy atom. The molecule has 2 aliphatic rings. The Labute approximate surface area is 149 Å². The van der Waals surface area contributed by atoms with Gasteiger partial charge in [0.2, 0.25) is 0 Å². The second kappa shape index (κ2) is 6.49. The molecule has 0 aliphatic carbocycles. The Bertz CT molecular complexity index is 872. The van der Waals surface area contributed by atoms with Crippen LogP contribution in [0.5, 0.6) is 0 Å². The zero-order valence-corrected chi connectivity index (χ0v) is 14.9. The van der Waals surface area contributed by atoms with Crippen LogP contribution in [0.2, 0.25) is 0 Å². The molecule has 2 bridgehead atoms. The smallest absolute Gasteiger partial charge is 0.338 e. The highest BCUT2D eigenvalue weighted by molar-refractivity contribution is 7.87. The molecule has 2 fully saturated rings. The van der Waals surface area contributed by atoms with E-state index in [-0.39, 0.29) is 36.5 Å². The van der Waals surface area contributed by atoms with Gasteiger partial charge in [-0.05, 0) is 18.6 Å². The molecule has 0 saturated carbocycles. The Kier molecular flexibility index (Phi) is 4.63. The van der Waals surface area contributed by atoms with E-state index in [0.717, 1.165) is 16.4 Å². The summed E-state index contributed by atoms with van der Waals surface area (Å²) >= 11 is 0. The first kappa shape index (κ1) is 18.5. The van der Waals surface area contributed by atoms with Gasteiger partial charge >= 0.3 is 16.2 Å². The highest BCUT2D eigenvalue weighted by Crippen LogP contribution is 2.30. The molecule has 9 nitrogen and oxygen atoms in total. The van der Waals surface area contributed by atoms with Crippen molar-refractivity contribution in [3.63, 3.8) is 0 Å². The van der Waals surface area contributed by atoms with Crippen LogP contribution >= 0.6 is 0 Å². The second-order valence-electron chi connectivity index (χ2n) is 6.40. The highest BCUT2D eigenvalue weighted by atomic mass is 32.2. The molecule has 11 heteroatoms. The number of ether oxygens (including phenoxy) is 1. The lowest BCUT2D eigenvalue weighted by Crippen LogP contribution is -2.49. The van der Waals surface area contributed by atoms with E-state index in [0.29, 0.717) is 6.42 Å². The van der Waals surface area contributed by atoms with Gasteiger partial charge in [0.15, 0.2) is 0 Å². The largest absolute Gasteiger partial charge is 0.478 e. The number of halogens is 1. The topological polar surface area (TPSA) is 116 Å². The van der Waals surface area contributed by atoms with Gasteiger partial charge in [0, 0.05) is 20.6 Å². The van der Waals surface area contributed by atoms with E-state index in [2.05, 4.69) is 0 Å². The van der Waals surface area contributed by atoms with Crippen molar-refractivity contribution >= 4 is 27.8 Å². The number of benzene rings is 1. The van der Waals surface area contributed by atoms with Crippen molar-refractivity contribution in [2.24, 2.45) is 0 Å². The fourth-order valence-corrected chi connectivity index (χ4v) is 4.53. The summed E-state index contributed by atoms with van der Waals surface area (Å²) in [6, 6.07) is 1.39. The molecule has 1 aromatic rings. The number of hydrogen-bond acceptors (Lipinski definition) is 6. The highest BCUT2D eigenvalue weighted by Gasteiger charge is 2.45. The summed E-state index contributed by atoms with van der Waals surface area (Å²) < 4.78 is 47.4. The SMILES string of the molecule is CN(C)c1cc(C(=O)O)c(F)cc1C(=O)NS(=O)(=O)N1C[C@H]2C[C@@H]1CO2. The van der Waals surface area contributed by atoms with Crippen LogP contribution in [0, 0.1) is 5.82 Å². The maximum absolute atomic E-state index is 14.0. The molecule has 26 heavy (non-hydrogen) atoms. The fourth-order valence-electron chi connectivity index (χ4n) is 3.17. The molecule has 0 aromatic heterocycles. The Balaban J connectivity index is 1.90. The van der Waals surface area contributed by atoms with Crippen molar-refractivity contribution in [2.75, 3.05) is 32.1 Å². The lowest BCUT2D eigenvalue weighted by Gasteiger charge is -2.26. The van der Waals surface area contributed by atoms with Crippen molar-refractivity contribution in [1.29, 1.82) is 0 Å². The maximum atomic E-state index is 14.0. The normalized spacial score (nSPS) is 22.4. The molecule has 1 amide bonds. The number of nitrogens with zero attached hydrogens (tertiary/aromatic N) is 2. The number of fused-ring (bicyclic) bond motifs is 2. The van der Waals surface area contributed by atoms with Crippen molar-refractivity contribution in [3.05, 3.63) is 29.1 Å². The Morgan fingerprint density at radius 3 is 2.54 bits per heavy atom. The van der Waals surface area contributed by atoms with Crippen molar-refractivity contribution in [1.82, 2.24) is 9.03 Å². The van der Waals surface area contributed by atoms with E-state index in [9.17, 15) is 22.4 Å². The zero-order valence-electron chi connectivity index (χ0n) is 14.1. The van der Waals surface area contributed by atoms with E-state index < -0.39 is 33.5 Å². The second-order valence-corrected chi connectivity index (χ2v) is 8.02. The number of hydrogen-bond donors (Lipinski definition) is 2. The third-order valence-corrected chi connectivity index (χ3v) is 5.93. The first-order chi connectivity index (χ1) is 12.1. The molecule has 0 spiro atoms. The molecule has 3 rings (SSSR count). The van der Waals surface area contributed by atoms with Crippen LogP contribution in [0.25, 0.3) is 0 Å². The Morgan fingerprint density at radius 1 is 1.35 bits per heavy atom. The van der Waals surface area contributed by atoms with E-state index in [1.54, 1.807) is 0 Å². The number of aromatic carboxylic acids is 1. The van der Waals surface area contributed by atoms with Crippen LogP contribution in [0.4, 0.5) is 10.1 Å². The van der Waals surface area contributed by atoms with Crippen LogP contribution in [-0.4, -0.2) is 69.1 Å². The van der Waals surface area contributed by atoms with Crippen LogP contribution in [0.1, 0.15) is 27.1 Å². The average Bonchev–Trinajstić information content (AvgIpc) is 3.16. The fraction of sp³-hybridized carbons (Fsp3) is 0.467. The summed E-state index contributed by atoms with van der Waals surface area (Å²) in [6.07, 6.45) is 0.385. The van der Waals surface area contributed by atoms with Crippen molar-refractivity contribution in [3.8, 4) is 0 Å². The number of morpholine rings is 1. The summed E-state index contributed by atoms with van der Waals surface area (Å²) in [7, 11) is -1.07. The molecular weight excluding hydrogens is 369 g/mol. The first-order valence-corrected chi connectivity index (χ1v) is 9.24. The lowest BCUT2D eigenvalue weighted by molar-refractivity contribution is 0.0601. The van der Waals surface area contributed by atoms with Gasteiger partial charge in [0.05, 0.1) is 35.6 Å². The van der Waals surface area contributed by atoms with E-state index in [4.69, 9.17) is 9.84 Å². The van der Waals surface area contributed by atoms with Crippen LogP contribution in [0.15, 0.2) is 12.1 Å². The number of carbonyl (C=O) groups is 2. The van der Waals surface area contributed by atoms with E-state index in [1.165, 1.54) is 19.0 Å². The summed E-state index contributed by atoms with van der Waals surface area (Å²) in [5.41, 5.74) is -0.799. The number of carbonyl (C=O) groups excluding carboxylic acids is 1. The van der Waals surface area contributed by atoms with Gasteiger partial charge in [-0.15, -0.1) is 0 Å². The lowest BCUT2D eigenvalue weighted by atomic mass is 10.1. The summed E-state index contributed by atoms with van der Waals surface area (Å²) in [5, 5.41) is 9.02. The number of nitrogens with one attached hydrogen (secondary N) is 1. The van der Waals surface area contributed by atoms with Crippen molar-refractivity contribution < 1.29 is 32.2 Å². The van der Waals surface area contributed by atoms with E-state index >= 15 is 0 Å². The first-order valence-electron chi connectivity index (χ1n) is 7.80. The maximum Gasteiger partial charge on any atom is 0.338 e. The minimum absolute atomic E-state index is 0.0859. The third-order valence-electron chi connectivity index (χ3n) is 4.42. The molecule has 2 atom stereocenters. The standard InChI is InChI=1S/C15H18FN3O6S/c1-18(2)13-5-10(15(21)22)12(16)4-11(13)14(20)17-26(23,24)19-6-9-3-8(19)7-25-9/h4-5,8-9H,3,6-7H2,1-2H3,(H,17,20)(H,21,22)/t8-,9-/m1/s1. The third kappa shape index (κ3) is 3.24. The predicted molar refractivity (Wildman–Crippen MR) is 88.9 cm³/mol. The number of carboxylic acids is 1. The van der Waals surface area contributed by atoms with Crippen LogP contribution in [0.3, 0.4) is 0 Å². The molecule has 2 heterocycles. The zero-order chi connectivity index (χ0) is 19.2. The summed E-state index contributed by atoms with van der Waals surface area (Å²) in [6.45, 7) is 0.421. The average molecular weight is 387 g/mol. The van der Waals surface area contributed by atoms with Gasteiger partial charge in [-0.3, -0.25) is 4.79 Å². The quantitative estimate of drug-likeness (QED) is 0.733. The summed E-state index contributed by atoms with van der Waals surface area (Å²) in [4.78, 5) is 25.0. The van der Waals surface area contributed by atoms with Gasteiger partial charge < -0.3 is 14.7 Å². The minimum atomic E-state index is -4.12. The number of amides is 1. The minimum Gasteiger partial charge on any atom is -0.478 e.